The van der Waals surface area contributed by atoms with E-state index < -0.39 is 10.0 Å². The Bertz CT molecular complexity index is 1030. The second-order valence-electron chi connectivity index (χ2n) is 8.41. The summed E-state index contributed by atoms with van der Waals surface area (Å²) in [6.45, 7) is 0.557. The van der Waals surface area contributed by atoms with E-state index in [1.807, 2.05) is 6.07 Å². The van der Waals surface area contributed by atoms with Gasteiger partial charge in [-0.3, -0.25) is 20.4 Å². The molecule has 2 aliphatic rings. The molecule has 1 aromatic carbocycles. The summed E-state index contributed by atoms with van der Waals surface area (Å²) in [5.41, 5.74) is 6.35. The Morgan fingerprint density at radius 2 is 1.62 bits per heavy atom. The van der Waals surface area contributed by atoms with Gasteiger partial charge in [-0.2, -0.15) is 4.31 Å². The van der Waals surface area contributed by atoms with Crippen molar-refractivity contribution in [1.29, 1.82) is 0 Å². The number of nitrogens with zero attached hydrogens (tertiary/aromatic N) is 1. The van der Waals surface area contributed by atoms with E-state index in [0.717, 1.165) is 25.7 Å². The molecule has 1 aromatic heterocycles. The first-order valence-electron chi connectivity index (χ1n) is 11.2. The Balaban J connectivity index is 1.28. The molecule has 0 radical (unpaired) electrons. The Morgan fingerprint density at radius 3 is 2.34 bits per heavy atom. The lowest BCUT2D eigenvalue weighted by atomic mass is 9.98. The normalized spacial score (nSPS) is 18.2. The summed E-state index contributed by atoms with van der Waals surface area (Å²) >= 11 is 1.52. The van der Waals surface area contributed by atoms with Gasteiger partial charge in [0, 0.05) is 23.9 Å². The molecule has 0 bridgehead atoms. The fourth-order valence-electron chi connectivity index (χ4n) is 4.34. The number of hydrogen-bond donors (Lipinski definition) is 2. The number of benzene rings is 1. The minimum atomic E-state index is -3.55. The number of carbonyl (C=O) groups is 2. The second-order valence-corrected chi connectivity index (χ2v) is 11.5. The number of hydrazine groups is 1. The molecular weight excluding hydrogens is 446 g/mol. The molecule has 32 heavy (non-hydrogen) atoms. The van der Waals surface area contributed by atoms with Gasteiger partial charge in [-0.05, 0) is 62.3 Å². The molecule has 172 valence electrons. The SMILES string of the molecule is O=C(NNC(=O)C1CCN(S(=O)(=O)c2ccccc2)CC1)c1cc2c(s1)CCCCCC2. The van der Waals surface area contributed by atoms with Gasteiger partial charge in [-0.15, -0.1) is 11.3 Å². The highest BCUT2D eigenvalue weighted by molar-refractivity contribution is 7.89. The molecule has 2 N–H and O–H groups in total. The molecule has 2 aromatic rings. The summed E-state index contributed by atoms with van der Waals surface area (Å²) in [7, 11) is -3.55. The van der Waals surface area contributed by atoms with Crippen LogP contribution in [-0.2, 0) is 27.7 Å². The number of hydrogen-bond acceptors (Lipinski definition) is 5. The molecule has 2 amide bonds. The summed E-state index contributed by atoms with van der Waals surface area (Å²) in [6.07, 6.45) is 7.64. The molecule has 0 saturated carbocycles. The van der Waals surface area contributed by atoms with Crippen molar-refractivity contribution < 1.29 is 18.0 Å². The highest BCUT2D eigenvalue weighted by Crippen LogP contribution is 2.28. The minimum Gasteiger partial charge on any atom is -0.273 e. The molecule has 2 heterocycles. The van der Waals surface area contributed by atoms with Crippen LogP contribution < -0.4 is 10.9 Å². The number of carbonyl (C=O) groups excluding carboxylic acids is 2. The Labute approximate surface area is 193 Å². The number of nitrogens with one attached hydrogen (secondary N) is 2. The number of rotatable bonds is 4. The summed E-state index contributed by atoms with van der Waals surface area (Å²) in [6, 6.07) is 10.3. The maximum Gasteiger partial charge on any atom is 0.279 e. The zero-order valence-electron chi connectivity index (χ0n) is 18.0. The van der Waals surface area contributed by atoms with Crippen molar-refractivity contribution in [2.24, 2.45) is 5.92 Å². The first-order valence-corrected chi connectivity index (χ1v) is 13.5. The number of piperidine rings is 1. The van der Waals surface area contributed by atoms with Crippen molar-refractivity contribution in [3.63, 3.8) is 0 Å². The van der Waals surface area contributed by atoms with E-state index in [2.05, 4.69) is 10.9 Å². The highest BCUT2D eigenvalue weighted by atomic mass is 32.2. The molecule has 1 aliphatic carbocycles. The number of thiophene rings is 1. The number of aryl methyl sites for hydroxylation is 2. The van der Waals surface area contributed by atoms with Crippen LogP contribution >= 0.6 is 11.3 Å². The van der Waals surface area contributed by atoms with E-state index in [1.54, 1.807) is 30.3 Å². The van der Waals surface area contributed by atoms with Crippen LogP contribution in [0.3, 0.4) is 0 Å². The molecule has 4 rings (SSSR count). The molecule has 0 atom stereocenters. The Kier molecular flexibility index (Phi) is 7.27. The van der Waals surface area contributed by atoms with Crippen LogP contribution in [-0.4, -0.2) is 37.6 Å². The van der Waals surface area contributed by atoms with Crippen LogP contribution in [0.2, 0.25) is 0 Å². The van der Waals surface area contributed by atoms with Crippen LogP contribution in [0.15, 0.2) is 41.3 Å². The standard InChI is InChI=1S/C23H29N3O4S2/c27-22(17-12-14-26(15-13-17)32(29,30)19-9-5-3-6-10-19)24-25-23(28)21-16-18-8-4-1-2-7-11-20(18)31-21/h3,5-6,9-10,16-17H,1-2,4,7-8,11-15H2,(H,24,27)(H,25,28). The predicted octanol–water partition coefficient (Wildman–Crippen LogP) is 3.27. The van der Waals surface area contributed by atoms with Crippen molar-refractivity contribution in [3.05, 3.63) is 51.7 Å². The second kappa shape index (κ2) is 10.1. The average Bonchev–Trinajstić information content (AvgIpc) is 3.19. The molecule has 0 unspecified atom stereocenters. The molecule has 9 heteroatoms. The van der Waals surface area contributed by atoms with Crippen molar-refractivity contribution in [1.82, 2.24) is 15.2 Å². The topological polar surface area (TPSA) is 95.6 Å². The minimum absolute atomic E-state index is 0.264. The van der Waals surface area contributed by atoms with Crippen LogP contribution in [0.1, 0.15) is 58.6 Å². The largest absolute Gasteiger partial charge is 0.279 e. The van der Waals surface area contributed by atoms with Gasteiger partial charge in [0.15, 0.2) is 0 Å². The fraction of sp³-hybridized carbons (Fsp3) is 0.478. The Morgan fingerprint density at radius 1 is 0.938 bits per heavy atom. The molecule has 1 saturated heterocycles. The van der Waals surface area contributed by atoms with Gasteiger partial charge >= 0.3 is 0 Å². The zero-order chi connectivity index (χ0) is 22.6. The van der Waals surface area contributed by atoms with Gasteiger partial charge in [-0.1, -0.05) is 31.0 Å². The van der Waals surface area contributed by atoms with E-state index in [9.17, 15) is 18.0 Å². The van der Waals surface area contributed by atoms with E-state index in [4.69, 9.17) is 0 Å². The maximum atomic E-state index is 12.7. The smallest absolute Gasteiger partial charge is 0.273 e. The van der Waals surface area contributed by atoms with Gasteiger partial charge in [0.05, 0.1) is 9.77 Å². The van der Waals surface area contributed by atoms with Gasteiger partial charge in [0.25, 0.3) is 5.91 Å². The summed E-state index contributed by atoms with van der Waals surface area (Å²) in [5.74, 6) is -0.898. The van der Waals surface area contributed by atoms with Gasteiger partial charge in [-0.25, -0.2) is 8.42 Å². The number of amides is 2. The van der Waals surface area contributed by atoms with E-state index in [1.165, 1.54) is 38.9 Å². The van der Waals surface area contributed by atoms with Crippen LogP contribution in [0.5, 0.6) is 0 Å². The van der Waals surface area contributed by atoms with E-state index in [0.29, 0.717) is 17.7 Å². The first kappa shape index (κ1) is 22.9. The lowest BCUT2D eigenvalue weighted by Gasteiger charge is -2.30. The van der Waals surface area contributed by atoms with Crippen LogP contribution in [0.4, 0.5) is 0 Å². The summed E-state index contributed by atoms with van der Waals surface area (Å²) in [5, 5.41) is 0. The van der Waals surface area contributed by atoms with Crippen LogP contribution in [0.25, 0.3) is 0 Å². The van der Waals surface area contributed by atoms with Gasteiger partial charge < -0.3 is 0 Å². The van der Waals surface area contributed by atoms with Crippen LogP contribution in [0, 0.1) is 5.92 Å². The third kappa shape index (κ3) is 5.22. The monoisotopic (exact) mass is 475 g/mol. The first-order chi connectivity index (χ1) is 15.4. The van der Waals surface area contributed by atoms with E-state index in [-0.39, 0.29) is 35.7 Å². The van der Waals surface area contributed by atoms with Crippen molar-refractivity contribution in [3.8, 4) is 0 Å². The summed E-state index contributed by atoms with van der Waals surface area (Å²) in [4.78, 5) is 27.3. The molecule has 7 nitrogen and oxygen atoms in total. The fourth-order valence-corrected chi connectivity index (χ4v) is 6.98. The predicted molar refractivity (Wildman–Crippen MR) is 124 cm³/mol. The zero-order valence-corrected chi connectivity index (χ0v) is 19.6. The van der Waals surface area contributed by atoms with Crippen molar-refractivity contribution in [2.45, 2.75) is 56.3 Å². The average molecular weight is 476 g/mol. The van der Waals surface area contributed by atoms with Crippen molar-refractivity contribution >= 4 is 33.2 Å². The quantitative estimate of drug-likeness (QED) is 0.664. The lowest BCUT2D eigenvalue weighted by molar-refractivity contribution is -0.126. The lowest BCUT2D eigenvalue weighted by Crippen LogP contribution is -2.48. The van der Waals surface area contributed by atoms with E-state index >= 15 is 0 Å². The summed E-state index contributed by atoms with van der Waals surface area (Å²) < 4.78 is 26.9. The molecule has 0 spiro atoms. The maximum absolute atomic E-state index is 12.7. The van der Waals surface area contributed by atoms with Gasteiger partial charge in [0.2, 0.25) is 15.9 Å². The molecule has 1 aliphatic heterocycles. The highest BCUT2D eigenvalue weighted by Gasteiger charge is 2.32. The molecular formula is C23H29N3O4S2. The molecule has 1 fully saturated rings. The van der Waals surface area contributed by atoms with Gasteiger partial charge in [0.1, 0.15) is 0 Å². The van der Waals surface area contributed by atoms with Crippen molar-refractivity contribution in [2.75, 3.05) is 13.1 Å². The number of fused-ring (bicyclic) bond motifs is 1. The number of sulfonamides is 1. The third-order valence-electron chi connectivity index (χ3n) is 6.23. The third-order valence-corrected chi connectivity index (χ3v) is 9.37. The Hall–Kier alpha value is -2.23.